The van der Waals surface area contributed by atoms with Crippen molar-refractivity contribution in [3.63, 3.8) is 0 Å². The van der Waals surface area contributed by atoms with Crippen LogP contribution in [0.25, 0.3) is 11.3 Å². The Morgan fingerprint density at radius 1 is 1.35 bits per heavy atom. The first kappa shape index (κ1) is 16.0. The van der Waals surface area contributed by atoms with E-state index in [1.807, 2.05) is 6.92 Å². The largest absolute Gasteiger partial charge is 0.381 e. The van der Waals surface area contributed by atoms with Crippen molar-refractivity contribution in [2.45, 2.75) is 25.3 Å². The normalized spacial score (nSPS) is 17.0. The van der Waals surface area contributed by atoms with Gasteiger partial charge in [-0.1, -0.05) is 0 Å². The number of aromatic nitrogens is 1. The van der Waals surface area contributed by atoms with Crippen LogP contribution in [0, 0.1) is 12.7 Å². The van der Waals surface area contributed by atoms with E-state index in [0.717, 1.165) is 16.1 Å². The van der Waals surface area contributed by atoms with E-state index in [9.17, 15) is 9.18 Å². The first-order valence-electron chi connectivity index (χ1n) is 7.39. The lowest BCUT2D eigenvalue weighted by Gasteiger charge is -2.31. The van der Waals surface area contributed by atoms with Gasteiger partial charge in [0.05, 0.1) is 5.69 Å². The van der Waals surface area contributed by atoms with Crippen LogP contribution in [0.3, 0.4) is 0 Å². The fraction of sp³-hybridized carbons (Fsp3) is 0.375. The number of anilines is 1. The zero-order valence-corrected chi connectivity index (χ0v) is 13.6. The molecule has 1 saturated heterocycles. The molecule has 2 heterocycles. The van der Waals surface area contributed by atoms with E-state index < -0.39 is 5.54 Å². The zero-order valence-electron chi connectivity index (χ0n) is 12.8. The van der Waals surface area contributed by atoms with Crippen LogP contribution < -0.4 is 11.1 Å². The van der Waals surface area contributed by atoms with Gasteiger partial charge in [-0.15, -0.1) is 11.3 Å². The molecule has 5 nitrogen and oxygen atoms in total. The summed E-state index contributed by atoms with van der Waals surface area (Å²) >= 11 is 1.38. The molecule has 23 heavy (non-hydrogen) atoms. The highest BCUT2D eigenvalue weighted by Crippen LogP contribution is 2.31. The minimum absolute atomic E-state index is 0.236. The number of hydrogen-bond acceptors (Lipinski definition) is 5. The summed E-state index contributed by atoms with van der Waals surface area (Å²) in [5, 5.41) is 3.31. The van der Waals surface area contributed by atoms with Crippen LogP contribution in [0.1, 0.15) is 17.7 Å². The molecule has 2 aromatic rings. The van der Waals surface area contributed by atoms with E-state index in [-0.39, 0.29) is 11.7 Å². The van der Waals surface area contributed by atoms with Crippen LogP contribution in [0.2, 0.25) is 0 Å². The number of amides is 1. The van der Waals surface area contributed by atoms with Gasteiger partial charge in [0.2, 0.25) is 5.91 Å². The molecule has 0 atom stereocenters. The summed E-state index contributed by atoms with van der Waals surface area (Å²) in [4.78, 5) is 17.8. The molecule has 0 saturated carbocycles. The van der Waals surface area contributed by atoms with Gasteiger partial charge in [-0.25, -0.2) is 9.37 Å². The Morgan fingerprint density at radius 2 is 2.00 bits per heavy atom. The maximum Gasteiger partial charge on any atom is 0.246 e. The molecule has 1 aromatic heterocycles. The third kappa shape index (κ3) is 3.41. The lowest BCUT2D eigenvalue weighted by Crippen LogP contribution is -2.54. The molecule has 0 radical (unpaired) electrons. The molecule has 0 spiro atoms. The lowest BCUT2D eigenvalue weighted by molar-refractivity contribution is -0.124. The number of aryl methyl sites for hydroxylation is 1. The predicted octanol–water partition coefficient (Wildman–Crippen LogP) is 2.70. The number of carbonyl (C=O) groups is 1. The number of nitrogens with zero attached hydrogens (tertiary/aromatic N) is 1. The Kier molecular flexibility index (Phi) is 4.43. The number of carbonyl (C=O) groups excluding carboxylic acids is 1. The topological polar surface area (TPSA) is 77.2 Å². The predicted molar refractivity (Wildman–Crippen MR) is 87.8 cm³/mol. The van der Waals surface area contributed by atoms with E-state index in [2.05, 4.69) is 10.3 Å². The minimum atomic E-state index is -0.909. The molecule has 3 rings (SSSR count). The number of nitrogens with one attached hydrogen (secondary N) is 1. The van der Waals surface area contributed by atoms with Gasteiger partial charge in [-0.2, -0.15) is 0 Å². The first-order chi connectivity index (χ1) is 11.0. The summed E-state index contributed by atoms with van der Waals surface area (Å²) in [5.41, 5.74) is 6.81. The minimum Gasteiger partial charge on any atom is -0.381 e. The molecule has 1 aliphatic rings. The monoisotopic (exact) mass is 335 g/mol. The highest BCUT2D eigenvalue weighted by atomic mass is 32.1. The summed E-state index contributed by atoms with van der Waals surface area (Å²) in [5.74, 6) is -0.528. The van der Waals surface area contributed by atoms with Crippen molar-refractivity contribution in [3.05, 3.63) is 35.0 Å². The lowest BCUT2D eigenvalue weighted by atomic mass is 9.90. The van der Waals surface area contributed by atoms with E-state index in [4.69, 9.17) is 10.5 Å². The molecular weight excluding hydrogens is 317 g/mol. The van der Waals surface area contributed by atoms with Gasteiger partial charge in [0.1, 0.15) is 11.4 Å². The highest BCUT2D eigenvalue weighted by molar-refractivity contribution is 7.16. The number of ether oxygens (including phenoxy) is 1. The maximum absolute atomic E-state index is 13.0. The second kappa shape index (κ2) is 6.35. The fourth-order valence-electron chi connectivity index (χ4n) is 2.51. The number of rotatable bonds is 3. The van der Waals surface area contributed by atoms with Crippen molar-refractivity contribution in [2.24, 2.45) is 5.73 Å². The van der Waals surface area contributed by atoms with Gasteiger partial charge >= 0.3 is 0 Å². The van der Waals surface area contributed by atoms with Crippen molar-refractivity contribution in [1.82, 2.24) is 4.98 Å². The molecule has 1 aromatic carbocycles. The van der Waals surface area contributed by atoms with Crippen molar-refractivity contribution in [1.29, 1.82) is 0 Å². The Bertz CT molecular complexity index is 709. The second-order valence-electron chi connectivity index (χ2n) is 5.65. The van der Waals surface area contributed by atoms with Gasteiger partial charge in [0, 0.05) is 23.7 Å². The molecule has 1 aliphatic heterocycles. The average molecular weight is 335 g/mol. The number of thiazole rings is 1. The smallest absolute Gasteiger partial charge is 0.246 e. The van der Waals surface area contributed by atoms with Crippen molar-refractivity contribution < 1.29 is 13.9 Å². The van der Waals surface area contributed by atoms with E-state index in [0.29, 0.717) is 31.2 Å². The molecular formula is C16H18FN3O2S. The molecule has 122 valence electrons. The van der Waals surface area contributed by atoms with Crippen LogP contribution >= 0.6 is 11.3 Å². The molecule has 3 N–H and O–H groups in total. The third-order valence-electron chi connectivity index (χ3n) is 3.97. The molecule has 1 amide bonds. The number of halogens is 1. The molecule has 0 unspecified atom stereocenters. The zero-order chi connectivity index (χ0) is 16.4. The number of benzene rings is 1. The summed E-state index contributed by atoms with van der Waals surface area (Å²) < 4.78 is 18.3. The van der Waals surface area contributed by atoms with Crippen LogP contribution in [0.4, 0.5) is 9.52 Å². The Morgan fingerprint density at radius 3 is 2.65 bits per heavy atom. The number of nitrogens with two attached hydrogens (primary N) is 1. The summed E-state index contributed by atoms with van der Waals surface area (Å²) in [7, 11) is 0. The molecule has 7 heteroatoms. The molecule has 0 bridgehead atoms. The van der Waals surface area contributed by atoms with Crippen LogP contribution in [0.15, 0.2) is 24.3 Å². The van der Waals surface area contributed by atoms with Gasteiger partial charge in [-0.3, -0.25) is 4.79 Å². The Balaban J connectivity index is 1.78. The second-order valence-corrected chi connectivity index (χ2v) is 6.86. The summed E-state index contributed by atoms with van der Waals surface area (Å²) in [6.07, 6.45) is 0.988. The van der Waals surface area contributed by atoms with Crippen LogP contribution in [-0.2, 0) is 9.53 Å². The first-order valence-corrected chi connectivity index (χ1v) is 8.21. The van der Waals surface area contributed by atoms with Gasteiger partial charge in [0.25, 0.3) is 0 Å². The van der Waals surface area contributed by atoms with Crippen LogP contribution in [-0.4, -0.2) is 29.6 Å². The summed E-state index contributed by atoms with van der Waals surface area (Å²) in [6.45, 7) is 2.89. The summed E-state index contributed by atoms with van der Waals surface area (Å²) in [6, 6.07) is 6.13. The Hall–Kier alpha value is -1.83. The SMILES string of the molecule is Cc1sc(NC(=O)C2(N)CCOCC2)nc1-c1ccc(F)cc1. The fourth-order valence-corrected chi connectivity index (χ4v) is 3.34. The van der Waals surface area contributed by atoms with E-state index >= 15 is 0 Å². The quantitative estimate of drug-likeness (QED) is 0.904. The van der Waals surface area contributed by atoms with E-state index in [1.165, 1.54) is 23.5 Å². The average Bonchev–Trinajstić information content (AvgIpc) is 2.89. The van der Waals surface area contributed by atoms with Gasteiger partial charge in [-0.05, 0) is 44.0 Å². The maximum atomic E-state index is 13.0. The van der Waals surface area contributed by atoms with Gasteiger partial charge < -0.3 is 15.8 Å². The number of hydrogen-bond donors (Lipinski definition) is 2. The van der Waals surface area contributed by atoms with E-state index in [1.54, 1.807) is 12.1 Å². The van der Waals surface area contributed by atoms with Crippen molar-refractivity contribution >= 4 is 22.4 Å². The molecule has 1 fully saturated rings. The van der Waals surface area contributed by atoms with Crippen molar-refractivity contribution in [2.75, 3.05) is 18.5 Å². The Labute approximate surface area is 137 Å². The molecule has 0 aliphatic carbocycles. The van der Waals surface area contributed by atoms with Crippen molar-refractivity contribution in [3.8, 4) is 11.3 Å². The van der Waals surface area contributed by atoms with Crippen LogP contribution in [0.5, 0.6) is 0 Å². The standard InChI is InChI=1S/C16H18FN3O2S/c1-10-13(11-2-4-12(17)5-3-11)19-15(23-10)20-14(21)16(18)6-8-22-9-7-16/h2-5H,6-9,18H2,1H3,(H,19,20,21). The highest BCUT2D eigenvalue weighted by Gasteiger charge is 2.36. The van der Waals surface area contributed by atoms with Gasteiger partial charge in [0.15, 0.2) is 5.13 Å². The third-order valence-corrected chi connectivity index (χ3v) is 4.86.